The number of benzene rings is 2. The predicted molar refractivity (Wildman–Crippen MR) is 158 cm³/mol. The van der Waals surface area contributed by atoms with Crippen molar-refractivity contribution in [1.82, 2.24) is 20.0 Å². The molecule has 0 radical (unpaired) electrons. The number of carbonyl (C=O) groups is 2. The van der Waals surface area contributed by atoms with Crippen LogP contribution in [0.15, 0.2) is 60.7 Å². The smallest absolute Gasteiger partial charge is 0.227 e. The summed E-state index contributed by atoms with van der Waals surface area (Å²) >= 11 is 0. The normalized spacial score (nSPS) is 22.4. The molecule has 3 aliphatic rings. The summed E-state index contributed by atoms with van der Waals surface area (Å²) in [5, 5.41) is 15.0. The van der Waals surface area contributed by atoms with E-state index in [1.165, 1.54) is 18.4 Å². The first-order valence-electron chi connectivity index (χ1n) is 15.0. The summed E-state index contributed by atoms with van der Waals surface area (Å²) in [6.45, 7) is 8.00. The van der Waals surface area contributed by atoms with Crippen LogP contribution in [0.3, 0.4) is 0 Å². The Labute approximate surface area is 238 Å². The van der Waals surface area contributed by atoms with Gasteiger partial charge < -0.3 is 24.7 Å². The van der Waals surface area contributed by atoms with Gasteiger partial charge in [-0.3, -0.25) is 14.9 Å². The van der Waals surface area contributed by atoms with Crippen LogP contribution in [-0.2, 0) is 9.59 Å². The molecule has 2 aromatic carbocycles. The van der Waals surface area contributed by atoms with Gasteiger partial charge in [-0.2, -0.15) is 0 Å². The summed E-state index contributed by atoms with van der Waals surface area (Å²) in [4.78, 5) is 34.7. The molecule has 0 bridgehead atoms. The van der Waals surface area contributed by atoms with Gasteiger partial charge in [-0.15, -0.1) is 0 Å². The van der Waals surface area contributed by atoms with Crippen molar-refractivity contribution in [1.29, 1.82) is 0 Å². The molecule has 8 heteroatoms. The molecule has 2 N–H and O–H groups in total. The van der Waals surface area contributed by atoms with Crippen molar-refractivity contribution in [2.45, 2.75) is 63.1 Å². The summed E-state index contributed by atoms with van der Waals surface area (Å²) in [6.07, 6.45) is 4.26. The van der Waals surface area contributed by atoms with Gasteiger partial charge in [-0.1, -0.05) is 55.5 Å². The number of aliphatic hydroxyl groups is 1. The van der Waals surface area contributed by atoms with Crippen LogP contribution in [0, 0.1) is 0 Å². The second-order valence-electron chi connectivity index (χ2n) is 11.9. The topological polar surface area (TPSA) is 79.4 Å². The Morgan fingerprint density at radius 3 is 2.33 bits per heavy atom. The van der Waals surface area contributed by atoms with Gasteiger partial charge in [0, 0.05) is 38.3 Å². The standard InChI is InChI=1S/C32H45N5O3/c1-26(27-10-4-2-5-11-27)22-30(38)35-18-14-32(40,15-19-35)24-36-25-33-29(23-31(36)39)37(28-12-6-3-7-13-28)21-20-34-16-8-9-17-34/h2-7,10-13,26,29,33,40H,8-9,14-25H2,1H3/t26-,29?/m1/s1. The van der Waals surface area contributed by atoms with Crippen LogP contribution in [0.5, 0.6) is 0 Å². The Kier molecular flexibility index (Phi) is 9.40. The van der Waals surface area contributed by atoms with Gasteiger partial charge in [0.05, 0.1) is 31.4 Å². The minimum absolute atomic E-state index is 0.0643. The Bertz CT molecular complexity index is 1100. The average molecular weight is 548 g/mol. The molecule has 5 rings (SSSR count). The van der Waals surface area contributed by atoms with Crippen LogP contribution in [0.1, 0.15) is 56.9 Å². The lowest BCUT2D eigenvalue weighted by atomic mass is 9.89. The second kappa shape index (κ2) is 13.1. The maximum absolute atomic E-state index is 13.3. The molecule has 2 atom stereocenters. The largest absolute Gasteiger partial charge is 0.388 e. The summed E-state index contributed by atoms with van der Waals surface area (Å²) in [7, 11) is 0. The average Bonchev–Trinajstić information content (AvgIpc) is 3.50. The zero-order chi connectivity index (χ0) is 28.0. The van der Waals surface area contributed by atoms with Crippen molar-refractivity contribution in [3.05, 3.63) is 66.2 Å². The van der Waals surface area contributed by atoms with E-state index in [1.54, 1.807) is 4.90 Å². The van der Waals surface area contributed by atoms with Crippen LogP contribution in [0.4, 0.5) is 5.69 Å². The van der Waals surface area contributed by atoms with E-state index in [2.05, 4.69) is 46.3 Å². The van der Waals surface area contributed by atoms with Crippen molar-refractivity contribution in [3.8, 4) is 0 Å². The van der Waals surface area contributed by atoms with E-state index in [9.17, 15) is 14.7 Å². The zero-order valence-electron chi connectivity index (χ0n) is 23.9. The number of nitrogens with one attached hydrogen (secondary N) is 1. The van der Waals surface area contributed by atoms with Gasteiger partial charge in [0.2, 0.25) is 11.8 Å². The van der Waals surface area contributed by atoms with Crippen LogP contribution < -0.4 is 10.2 Å². The third-order valence-electron chi connectivity index (χ3n) is 8.94. The van der Waals surface area contributed by atoms with Crippen LogP contribution in [0.25, 0.3) is 0 Å². The van der Waals surface area contributed by atoms with Crippen LogP contribution in [0.2, 0.25) is 0 Å². The van der Waals surface area contributed by atoms with E-state index in [-0.39, 0.29) is 23.9 Å². The van der Waals surface area contributed by atoms with Gasteiger partial charge in [-0.05, 0) is 62.4 Å². The molecule has 3 heterocycles. The highest BCUT2D eigenvalue weighted by Crippen LogP contribution is 2.28. The first-order valence-corrected chi connectivity index (χ1v) is 15.0. The Balaban J connectivity index is 1.12. The minimum atomic E-state index is -0.971. The number of likely N-dealkylation sites (tertiary alicyclic amines) is 2. The Hall–Kier alpha value is -2.94. The van der Waals surface area contributed by atoms with E-state index < -0.39 is 5.60 Å². The molecule has 0 aromatic heterocycles. The van der Waals surface area contributed by atoms with Gasteiger partial charge in [-0.25, -0.2) is 0 Å². The molecule has 216 valence electrons. The quantitative estimate of drug-likeness (QED) is 0.476. The summed E-state index contributed by atoms with van der Waals surface area (Å²) < 4.78 is 0. The predicted octanol–water partition coefficient (Wildman–Crippen LogP) is 3.24. The SMILES string of the molecule is C[C@H](CC(=O)N1CCC(O)(CN2CNC(N(CCN3CCCC3)c3ccccc3)CC2=O)CC1)c1ccccc1. The molecule has 0 spiro atoms. The fourth-order valence-corrected chi connectivity index (χ4v) is 6.35. The maximum atomic E-state index is 13.3. The molecule has 3 fully saturated rings. The molecule has 8 nitrogen and oxygen atoms in total. The molecular weight excluding hydrogens is 502 g/mol. The van der Waals surface area contributed by atoms with E-state index >= 15 is 0 Å². The van der Waals surface area contributed by atoms with Crippen molar-refractivity contribution in [2.75, 3.05) is 57.4 Å². The number of rotatable bonds is 10. The number of piperidine rings is 1. The number of β-amino-alcohol motifs (C(OH)–C–C–N with tert-alkyl or cyclic N) is 1. The number of anilines is 1. The second-order valence-corrected chi connectivity index (χ2v) is 11.9. The van der Waals surface area contributed by atoms with Crippen molar-refractivity contribution < 1.29 is 14.7 Å². The van der Waals surface area contributed by atoms with Gasteiger partial charge in [0.1, 0.15) is 0 Å². The monoisotopic (exact) mass is 547 g/mol. The molecule has 0 saturated carbocycles. The molecular formula is C32H45N5O3. The molecule has 2 aromatic rings. The molecule has 3 aliphatic heterocycles. The molecule has 1 unspecified atom stereocenters. The number of amides is 2. The highest BCUT2D eigenvalue weighted by molar-refractivity contribution is 5.78. The van der Waals surface area contributed by atoms with E-state index in [0.717, 1.165) is 31.9 Å². The highest BCUT2D eigenvalue weighted by atomic mass is 16.3. The van der Waals surface area contributed by atoms with Crippen molar-refractivity contribution in [2.24, 2.45) is 0 Å². The highest BCUT2D eigenvalue weighted by Gasteiger charge is 2.39. The molecule has 3 saturated heterocycles. The van der Waals surface area contributed by atoms with Crippen LogP contribution >= 0.6 is 0 Å². The minimum Gasteiger partial charge on any atom is -0.388 e. The number of hydrogen-bond acceptors (Lipinski definition) is 6. The summed E-state index contributed by atoms with van der Waals surface area (Å²) in [6, 6.07) is 20.5. The third-order valence-corrected chi connectivity index (χ3v) is 8.94. The van der Waals surface area contributed by atoms with Crippen LogP contribution in [-0.4, -0.2) is 95.9 Å². The Morgan fingerprint density at radius 1 is 1.02 bits per heavy atom. The van der Waals surface area contributed by atoms with Crippen molar-refractivity contribution in [3.63, 3.8) is 0 Å². The van der Waals surface area contributed by atoms with Gasteiger partial charge in [0.25, 0.3) is 0 Å². The van der Waals surface area contributed by atoms with Gasteiger partial charge >= 0.3 is 0 Å². The third kappa shape index (κ3) is 7.22. The zero-order valence-corrected chi connectivity index (χ0v) is 23.9. The number of nitrogens with zero attached hydrogens (tertiary/aromatic N) is 4. The number of carbonyl (C=O) groups excluding carboxylic acids is 2. The summed E-state index contributed by atoms with van der Waals surface area (Å²) in [5.41, 5.74) is 1.32. The molecule has 0 aliphatic carbocycles. The maximum Gasteiger partial charge on any atom is 0.227 e. The fraction of sp³-hybridized carbons (Fsp3) is 0.562. The number of hydrogen-bond donors (Lipinski definition) is 2. The van der Waals surface area contributed by atoms with Gasteiger partial charge in [0.15, 0.2) is 0 Å². The first-order chi connectivity index (χ1) is 19.4. The molecule has 40 heavy (non-hydrogen) atoms. The Morgan fingerprint density at radius 2 is 1.68 bits per heavy atom. The van der Waals surface area contributed by atoms with E-state index in [4.69, 9.17) is 0 Å². The lowest BCUT2D eigenvalue weighted by molar-refractivity contribution is -0.144. The first kappa shape index (κ1) is 28.6. The lowest BCUT2D eigenvalue weighted by Gasteiger charge is -2.45. The summed E-state index contributed by atoms with van der Waals surface area (Å²) in [5.74, 6) is 0.353. The number of para-hydroxylation sites is 1. The van der Waals surface area contributed by atoms with E-state index in [1.807, 2.05) is 41.3 Å². The fourth-order valence-electron chi connectivity index (χ4n) is 6.35. The van der Waals surface area contributed by atoms with Crippen molar-refractivity contribution >= 4 is 17.5 Å². The molecule has 2 amide bonds. The van der Waals surface area contributed by atoms with E-state index in [0.29, 0.717) is 52.0 Å². The lowest BCUT2D eigenvalue weighted by Crippen LogP contribution is -2.62.